The second-order valence-corrected chi connectivity index (χ2v) is 7.59. The van der Waals surface area contributed by atoms with Crippen molar-refractivity contribution in [2.75, 3.05) is 12.3 Å². The van der Waals surface area contributed by atoms with Crippen molar-refractivity contribution in [3.05, 3.63) is 65.2 Å². The summed E-state index contributed by atoms with van der Waals surface area (Å²) in [4.78, 5) is 51.5. The van der Waals surface area contributed by atoms with Crippen LogP contribution >= 0.6 is 0 Å². The molecule has 1 unspecified atom stereocenters. The molecule has 0 aliphatic carbocycles. The Bertz CT molecular complexity index is 1060. The minimum atomic E-state index is -1.43. The largest absolute Gasteiger partial charge is 0.445 e. The highest BCUT2D eigenvalue weighted by Crippen LogP contribution is 2.36. The van der Waals surface area contributed by atoms with Crippen molar-refractivity contribution >= 4 is 29.5 Å². The maximum atomic E-state index is 13.1. The Morgan fingerprint density at radius 1 is 1.13 bits per heavy atom. The van der Waals surface area contributed by atoms with Crippen LogP contribution in [0.3, 0.4) is 0 Å². The van der Waals surface area contributed by atoms with Crippen LogP contribution in [0.15, 0.2) is 48.5 Å². The molecule has 160 valence electrons. The van der Waals surface area contributed by atoms with Crippen LogP contribution in [0.4, 0.5) is 10.5 Å². The third-order valence-electron chi connectivity index (χ3n) is 5.70. The quantitative estimate of drug-likeness (QED) is 0.492. The molecular formula is C22H22N4O5. The number of nitrogens with zero attached hydrogens (tertiary/aromatic N) is 1. The van der Waals surface area contributed by atoms with Gasteiger partial charge in [-0.3, -0.25) is 19.7 Å². The first-order chi connectivity index (χ1) is 14.9. The molecular weight excluding hydrogens is 400 g/mol. The fraction of sp³-hybridized carbons (Fsp3) is 0.273. The van der Waals surface area contributed by atoms with Gasteiger partial charge >= 0.3 is 6.09 Å². The fourth-order valence-electron chi connectivity index (χ4n) is 3.96. The number of nitrogen functional groups attached to an aromatic ring is 1. The van der Waals surface area contributed by atoms with E-state index < -0.39 is 23.4 Å². The Morgan fingerprint density at radius 2 is 1.90 bits per heavy atom. The van der Waals surface area contributed by atoms with Crippen molar-refractivity contribution in [1.82, 2.24) is 15.5 Å². The van der Waals surface area contributed by atoms with Crippen LogP contribution in [0.5, 0.6) is 0 Å². The smallest absolute Gasteiger partial charge is 0.407 e. The third-order valence-corrected chi connectivity index (χ3v) is 5.70. The maximum Gasteiger partial charge on any atom is 0.407 e. The number of imide groups is 1. The van der Waals surface area contributed by atoms with Crippen LogP contribution in [0.25, 0.3) is 0 Å². The highest BCUT2D eigenvalue weighted by molar-refractivity contribution is 6.08. The van der Waals surface area contributed by atoms with Gasteiger partial charge in [-0.05, 0) is 24.1 Å². The molecule has 1 fully saturated rings. The van der Waals surface area contributed by atoms with Gasteiger partial charge in [0.15, 0.2) is 0 Å². The van der Waals surface area contributed by atoms with Gasteiger partial charge in [0.2, 0.25) is 5.91 Å². The van der Waals surface area contributed by atoms with Gasteiger partial charge in [0.25, 0.3) is 11.8 Å². The number of carbonyl (C=O) groups excluding carboxylic acids is 4. The molecule has 0 saturated carbocycles. The topological polar surface area (TPSA) is 131 Å². The number of nitrogens with two attached hydrogens (primary N) is 1. The summed E-state index contributed by atoms with van der Waals surface area (Å²) in [6.45, 7) is -0.0163. The zero-order chi connectivity index (χ0) is 22.0. The molecule has 2 aromatic carbocycles. The Balaban J connectivity index is 1.52. The summed E-state index contributed by atoms with van der Waals surface area (Å²) in [6, 6.07) is 14.2. The summed E-state index contributed by atoms with van der Waals surface area (Å²) in [7, 11) is 0. The van der Waals surface area contributed by atoms with Gasteiger partial charge in [-0.2, -0.15) is 0 Å². The summed E-state index contributed by atoms with van der Waals surface area (Å²) in [5, 5.41) is 4.88. The van der Waals surface area contributed by atoms with Crippen molar-refractivity contribution in [2.45, 2.75) is 31.5 Å². The van der Waals surface area contributed by atoms with Crippen molar-refractivity contribution in [2.24, 2.45) is 0 Å². The number of carbonyl (C=O) groups is 4. The number of anilines is 1. The average Bonchev–Trinajstić information content (AvgIpc) is 3.11. The molecule has 0 radical (unpaired) electrons. The fourth-order valence-corrected chi connectivity index (χ4v) is 3.96. The number of hydrogen-bond donors (Lipinski definition) is 3. The second kappa shape index (κ2) is 8.10. The molecule has 1 atom stereocenters. The molecule has 4 rings (SSSR count). The van der Waals surface area contributed by atoms with Crippen molar-refractivity contribution < 1.29 is 23.9 Å². The summed E-state index contributed by atoms with van der Waals surface area (Å²) < 4.78 is 5.22. The molecule has 2 aliphatic rings. The van der Waals surface area contributed by atoms with Crippen LogP contribution in [0.1, 0.15) is 34.3 Å². The summed E-state index contributed by atoms with van der Waals surface area (Å²) >= 11 is 0. The lowest BCUT2D eigenvalue weighted by atomic mass is 9.86. The van der Waals surface area contributed by atoms with Gasteiger partial charge in [0.05, 0.1) is 6.54 Å². The highest BCUT2D eigenvalue weighted by atomic mass is 16.5. The standard InChI is InChI=1S/C22H22N4O5/c23-17-8-4-7-15-16(17)11-26(19(15)28)22(10-9-18(27)25-20(22)29)13-24-21(30)31-12-14-5-2-1-3-6-14/h1-8H,9-13,23H2,(H,24,30)(H,25,27,29). The number of piperidine rings is 1. The number of nitrogens with one attached hydrogen (secondary N) is 2. The van der Waals surface area contributed by atoms with Gasteiger partial charge in [-0.25, -0.2) is 4.79 Å². The van der Waals surface area contributed by atoms with E-state index in [1.54, 1.807) is 18.2 Å². The number of fused-ring (bicyclic) bond motifs is 1. The van der Waals surface area contributed by atoms with E-state index in [0.717, 1.165) is 5.56 Å². The number of hydrogen-bond acceptors (Lipinski definition) is 6. The lowest BCUT2D eigenvalue weighted by Crippen LogP contribution is -2.67. The Morgan fingerprint density at radius 3 is 2.61 bits per heavy atom. The first-order valence-electron chi connectivity index (χ1n) is 9.89. The molecule has 4 N–H and O–H groups in total. The van der Waals surface area contributed by atoms with Crippen molar-refractivity contribution in [3.8, 4) is 0 Å². The Hall–Kier alpha value is -3.88. The van der Waals surface area contributed by atoms with Crippen LogP contribution in [-0.2, 0) is 27.5 Å². The van der Waals surface area contributed by atoms with Crippen LogP contribution < -0.4 is 16.4 Å². The molecule has 0 bridgehead atoms. The number of rotatable bonds is 5. The van der Waals surface area contributed by atoms with E-state index in [0.29, 0.717) is 16.8 Å². The monoisotopic (exact) mass is 422 g/mol. The average molecular weight is 422 g/mol. The zero-order valence-corrected chi connectivity index (χ0v) is 16.7. The minimum absolute atomic E-state index is 0.0437. The first kappa shape index (κ1) is 20.4. The van der Waals surface area contributed by atoms with E-state index in [9.17, 15) is 19.2 Å². The zero-order valence-electron chi connectivity index (χ0n) is 16.7. The van der Waals surface area contributed by atoms with E-state index in [-0.39, 0.29) is 38.4 Å². The lowest BCUT2D eigenvalue weighted by Gasteiger charge is -2.42. The Labute approximate surface area is 178 Å². The van der Waals surface area contributed by atoms with Gasteiger partial charge in [-0.15, -0.1) is 0 Å². The highest BCUT2D eigenvalue weighted by Gasteiger charge is 2.52. The molecule has 2 heterocycles. The van der Waals surface area contributed by atoms with Gasteiger partial charge in [0.1, 0.15) is 12.1 Å². The number of ether oxygens (including phenoxy) is 1. The summed E-state index contributed by atoms with van der Waals surface area (Å²) in [5.41, 5.74) is 6.90. The second-order valence-electron chi connectivity index (χ2n) is 7.59. The van der Waals surface area contributed by atoms with Gasteiger partial charge in [0, 0.05) is 29.8 Å². The number of alkyl carbamates (subject to hydrolysis) is 1. The number of benzene rings is 2. The molecule has 9 heteroatoms. The predicted octanol–water partition coefficient (Wildman–Crippen LogP) is 1.33. The van der Waals surface area contributed by atoms with E-state index in [4.69, 9.17) is 10.5 Å². The third kappa shape index (κ3) is 3.81. The lowest BCUT2D eigenvalue weighted by molar-refractivity contribution is -0.142. The molecule has 9 nitrogen and oxygen atoms in total. The van der Waals surface area contributed by atoms with E-state index >= 15 is 0 Å². The maximum absolute atomic E-state index is 13.1. The SMILES string of the molecule is Nc1cccc2c1CN(C1(CNC(=O)OCc3ccccc3)CCC(=O)NC1=O)C2=O. The van der Waals surface area contributed by atoms with Gasteiger partial charge < -0.3 is 20.7 Å². The molecule has 2 aromatic rings. The van der Waals surface area contributed by atoms with Crippen molar-refractivity contribution in [1.29, 1.82) is 0 Å². The molecule has 31 heavy (non-hydrogen) atoms. The van der Waals surface area contributed by atoms with E-state index in [2.05, 4.69) is 10.6 Å². The molecule has 4 amide bonds. The van der Waals surface area contributed by atoms with E-state index in [1.807, 2.05) is 30.3 Å². The molecule has 1 saturated heterocycles. The van der Waals surface area contributed by atoms with E-state index in [1.165, 1.54) is 4.90 Å². The first-order valence-corrected chi connectivity index (χ1v) is 9.89. The summed E-state index contributed by atoms with van der Waals surface area (Å²) in [5.74, 6) is -1.42. The molecule has 0 aromatic heterocycles. The van der Waals surface area contributed by atoms with Crippen LogP contribution in [0, 0.1) is 0 Å². The predicted molar refractivity (Wildman–Crippen MR) is 110 cm³/mol. The summed E-state index contributed by atoms with van der Waals surface area (Å²) in [6.07, 6.45) is -0.602. The van der Waals surface area contributed by atoms with Crippen LogP contribution in [-0.4, -0.2) is 40.8 Å². The normalized spacial score (nSPS) is 20.3. The number of amides is 4. The van der Waals surface area contributed by atoms with Crippen LogP contribution in [0.2, 0.25) is 0 Å². The minimum Gasteiger partial charge on any atom is -0.445 e. The Kier molecular flexibility index (Phi) is 5.33. The molecule has 2 aliphatic heterocycles. The van der Waals surface area contributed by atoms with Gasteiger partial charge in [-0.1, -0.05) is 36.4 Å². The molecule has 0 spiro atoms. The van der Waals surface area contributed by atoms with Crippen molar-refractivity contribution in [3.63, 3.8) is 0 Å².